The highest BCUT2D eigenvalue weighted by atomic mass is 16.1. The van der Waals surface area contributed by atoms with Crippen molar-refractivity contribution in [3.8, 4) is 0 Å². The van der Waals surface area contributed by atoms with E-state index in [9.17, 15) is 4.79 Å². The van der Waals surface area contributed by atoms with Crippen molar-refractivity contribution in [1.29, 1.82) is 0 Å². The van der Waals surface area contributed by atoms with E-state index in [1.165, 1.54) is 19.3 Å². The monoisotopic (exact) mass is 164 g/mol. The number of carbonyl (C=O) groups is 1. The van der Waals surface area contributed by atoms with Crippen LogP contribution >= 0.6 is 0 Å². The standard InChI is InChI=1S/C9H12N2O/c1-6-8(5-12)11-9(10-6)7-3-2-4-7/h5,7H,2-4H2,1H3,(H,10,11). The smallest absolute Gasteiger partial charge is 0.170 e. The summed E-state index contributed by atoms with van der Waals surface area (Å²) in [5.41, 5.74) is 1.46. The van der Waals surface area contributed by atoms with Crippen molar-refractivity contribution in [2.45, 2.75) is 32.1 Å². The average molecular weight is 164 g/mol. The number of H-pyrrole nitrogens is 1. The van der Waals surface area contributed by atoms with Crippen LogP contribution in [-0.2, 0) is 0 Å². The number of nitrogens with zero attached hydrogens (tertiary/aromatic N) is 1. The molecule has 1 aromatic heterocycles. The second-order valence-corrected chi connectivity index (χ2v) is 3.38. The van der Waals surface area contributed by atoms with Gasteiger partial charge >= 0.3 is 0 Å². The number of imidazole rings is 1. The summed E-state index contributed by atoms with van der Waals surface area (Å²) in [6.45, 7) is 1.89. The van der Waals surface area contributed by atoms with Gasteiger partial charge in [-0.1, -0.05) is 6.42 Å². The van der Waals surface area contributed by atoms with Gasteiger partial charge in [-0.2, -0.15) is 0 Å². The van der Waals surface area contributed by atoms with Gasteiger partial charge in [0.15, 0.2) is 6.29 Å². The van der Waals surface area contributed by atoms with Crippen LogP contribution in [-0.4, -0.2) is 16.3 Å². The van der Waals surface area contributed by atoms with E-state index in [4.69, 9.17) is 0 Å². The minimum absolute atomic E-state index is 0.567. The molecule has 1 aromatic rings. The van der Waals surface area contributed by atoms with Crippen molar-refractivity contribution in [3.63, 3.8) is 0 Å². The van der Waals surface area contributed by atoms with Gasteiger partial charge in [0.05, 0.1) is 0 Å². The maximum absolute atomic E-state index is 10.5. The lowest BCUT2D eigenvalue weighted by atomic mass is 9.85. The molecule has 3 nitrogen and oxygen atoms in total. The first kappa shape index (κ1) is 7.53. The number of aryl methyl sites for hydroxylation is 1. The number of hydrogen-bond donors (Lipinski definition) is 1. The summed E-state index contributed by atoms with van der Waals surface area (Å²) in [5.74, 6) is 1.58. The van der Waals surface area contributed by atoms with E-state index in [2.05, 4.69) is 9.97 Å². The number of nitrogens with one attached hydrogen (secondary N) is 1. The fourth-order valence-corrected chi connectivity index (χ4v) is 1.49. The highest BCUT2D eigenvalue weighted by Crippen LogP contribution is 2.34. The molecule has 1 aliphatic rings. The molecular formula is C9H12N2O. The van der Waals surface area contributed by atoms with Gasteiger partial charge in [-0.15, -0.1) is 0 Å². The molecule has 64 valence electrons. The zero-order chi connectivity index (χ0) is 8.55. The summed E-state index contributed by atoms with van der Waals surface area (Å²) >= 11 is 0. The molecule has 0 aromatic carbocycles. The number of carbonyl (C=O) groups excluding carboxylic acids is 1. The van der Waals surface area contributed by atoms with Gasteiger partial charge in [0.1, 0.15) is 11.5 Å². The molecule has 0 aliphatic heterocycles. The maximum atomic E-state index is 10.5. The number of aldehydes is 1. The third kappa shape index (κ3) is 1.05. The number of rotatable bonds is 2. The third-order valence-electron chi connectivity index (χ3n) is 2.54. The van der Waals surface area contributed by atoms with Gasteiger partial charge < -0.3 is 4.98 Å². The van der Waals surface area contributed by atoms with Crippen molar-refractivity contribution < 1.29 is 4.79 Å². The third-order valence-corrected chi connectivity index (χ3v) is 2.54. The van der Waals surface area contributed by atoms with Crippen LogP contribution < -0.4 is 0 Å². The van der Waals surface area contributed by atoms with Crippen LogP contribution in [0.3, 0.4) is 0 Å². The SMILES string of the molecule is Cc1[nH]c(C2CCC2)nc1C=O. The van der Waals surface area contributed by atoms with E-state index in [1.54, 1.807) is 0 Å². The van der Waals surface area contributed by atoms with Gasteiger partial charge in [0, 0.05) is 11.6 Å². The van der Waals surface area contributed by atoms with Crippen LogP contribution in [0.25, 0.3) is 0 Å². The Balaban J connectivity index is 2.27. The molecule has 2 rings (SSSR count). The summed E-state index contributed by atoms with van der Waals surface area (Å²) in [6.07, 6.45) is 4.53. The Morgan fingerprint density at radius 2 is 2.33 bits per heavy atom. The molecule has 1 heterocycles. The Kier molecular flexibility index (Phi) is 1.71. The van der Waals surface area contributed by atoms with E-state index < -0.39 is 0 Å². The molecule has 0 amide bonds. The van der Waals surface area contributed by atoms with Crippen LogP contribution in [0, 0.1) is 6.92 Å². The second kappa shape index (κ2) is 2.73. The average Bonchev–Trinajstić information content (AvgIpc) is 2.27. The topological polar surface area (TPSA) is 45.8 Å². The van der Waals surface area contributed by atoms with Crippen molar-refractivity contribution in [2.75, 3.05) is 0 Å². The second-order valence-electron chi connectivity index (χ2n) is 3.38. The Hall–Kier alpha value is -1.12. The van der Waals surface area contributed by atoms with Gasteiger partial charge in [-0.3, -0.25) is 4.79 Å². The zero-order valence-corrected chi connectivity index (χ0v) is 7.13. The number of aromatic nitrogens is 2. The molecule has 1 N–H and O–H groups in total. The molecule has 12 heavy (non-hydrogen) atoms. The van der Waals surface area contributed by atoms with Crippen LogP contribution in [0.5, 0.6) is 0 Å². The molecule has 0 radical (unpaired) electrons. The molecule has 0 saturated heterocycles. The van der Waals surface area contributed by atoms with Crippen molar-refractivity contribution in [2.24, 2.45) is 0 Å². The van der Waals surface area contributed by atoms with Gasteiger partial charge in [0.25, 0.3) is 0 Å². The largest absolute Gasteiger partial charge is 0.345 e. The molecule has 0 bridgehead atoms. The zero-order valence-electron chi connectivity index (χ0n) is 7.13. The Bertz CT molecular complexity index is 299. The number of aromatic amines is 1. The summed E-state index contributed by atoms with van der Waals surface area (Å²) in [7, 11) is 0. The molecule has 0 spiro atoms. The molecule has 1 saturated carbocycles. The fourth-order valence-electron chi connectivity index (χ4n) is 1.49. The van der Waals surface area contributed by atoms with Crippen LogP contribution in [0.15, 0.2) is 0 Å². The van der Waals surface area contributed by atoms with Crippen LogP contribution in [0.1, 0.15) is 47.2 Å². The molecular weight excluding hydrogens is 152 g/mol. The van der Waals surface area contributed by atoms with Crippen molar-refractivity contribution in [1.82, 2.24) is 9.97 Å². The summed E-state index contributed by atoms with van der Waals surface area (Å²) in [5, 5.41) is 0. The maximum Gasteiger partial charge on any atom is 0.170 e. The quantitative estimate of drug-likeness (QED) is 0.677. The summed E-state index contributed by atoms with van der Waals surface area (Å²) < 4.78 is 0. The molecule has 0 unspecified atom stereocenters. The number of hydrogen-bond acceptors (Lipinski definition) is 2. The van der Waals surface area contributed by atoms with Gasteiger partial charge in [-0.25, -0.2) is 4.98 Å². The molecule has 1 fully saturated rings. The van der Waals surface area contributed by atoms with Gasteiger partial charge in [-0.05, 0) is 19.8 Å². The highest BCUT2D eigenvalue weighted by molar-refractivity contribution is 5.73. The predicted molar refractivity (Wildman–Crippen MR) is 45.3 cm³/mol. The fraction of sp³-hybridized carbons (Fsp3) is 0.556. The first-order valence-corrected chi connectivity index (χ1v) is 4.33. The van der Waals surface area contributed by atoms with Crippen molar-refractivity contribution >= 4 is 6.29 Å². The minimum Gasteiger partial charge on any atom is -0.345 e. The van der Waals surface area contributed by atoms with E-state index in [0.717, 1.165) is 17.8 Å². The summed E-state index contributed by atoms with van der Waals surface area (Å²) in [4.78, 5) is 17.9. The summed E-state index contributed by atoms with van der Waals surface area (Å²) in [6, 6.07) is 0. The normalized spacial score (nSPS) is 17.4. The Morgan fingerprint density at radius 3 is 2.75 bits per heavy atom. The lowest BCUT2D eigenvalue weighted by molar-refractivity contribution is 0.111. The van der Waals surface area contributed by atoms with E-state index in [1.807, 2.05) is 6.92 Å². The lowest BCUT2D eigenvalue weighted by Gasteiger charge is -2.22. The Labute approximate surface area is 71.2 Å². The highest BCUT2D eigenvalue weighted by Gasteiger charge is 2.23. The minimum atomic E-state index is 0.567. The first-order valence-electron chi connectivity index (χ1n) is 4.33. The van der Waals surface area contributed by atoms with E-state index >= 15 is 0 Å². The van der Waals surface area contributed by atoms with Crippen LogP contribution in [0.4, 0.5) is 0 Å². The van der Waals surface area contributed by atoms with E-state index in [0.29, 0.717) is 11.6 Å². The first-order chi connectivity index (χ1) is 5.81. The Morgan fingerprint density at radius 1 is 1.58 bits per heavy atom. The van der Waals surface area contributed by atoms with Crippen molar-refractivity contribution in [3.05, 3.63) is 17.2 Å². The molecule has 0 atom stereocenters. The van der Waals surface area contributed by atoms with Crippen LogP contribution in [0.2, 0.25) is 0 Å². The molecule has 1 aliphatic carbocycles. The van der Waals surface area contributed by atoms with E-state index in [-0.39, 0.29) is 0 Å². The molecule has 3 heteroatoms. The van der Waals surface area contributed by atoms with Gasteiger partial charge in [0.2, 0.25) is 0 Å². The predicted octanol–water partition coefficient (Wildman–Crippen LogP) is 1.80. The lowest BCUT2D eigenvalue weighted by Crippen LogP contribution is -2.10.